The SMILES string of the molecule is NC(=O)CC(O)C(O)c1cc(=O)cc[nH]1. The summed E-state index contributed by atoms with van der Waals surface area (Å²) >= 11 is 0. The number of hydrogen-bond donors (Lipinski definition) is 4. The van der Waals surface area contributed by atoms with Crippen LogP contribution in [0.2, 0.25) is 0 Å². The molecule has 5 N–H and O–H groups in total. The van der Waals surface area contributed by atoms with E-state index in [1.807, 2.05) is 0 Å². The van der Waals surface area contributed by atoms with Crippen molar-refractivity contribution in [1.82, 2.24) is 4.98 Å². The van der Waals surface area contributed by atoms with Crippen LogP contribution in [0.1, 0.15) is 18.2 Å². The van der Waals surface area contributed by atoms with Crippen molar-refractivity contribution in [2.75, 3.05) is 0 Å². The fraction of sp³-hybridized carbons (Fsp3) is 0.333. The minimum Gasteiger partial charge on any atom is -0.389 e. The number of primary amides is 1. The van der Waals surface area contributed by atoms with Crippen molar-refractivity contribution in [2.24, 2.45) is 5.73 Å². The van der Waals surface area contributed by atoms with E-state index >= 15 is 0 Å². The summed E-state index contributed by atoms with van der Waals surface area (Å²) in [5.41, 5.74) is 4.71. The predicted octanol–water partition coefficient (Wildman–Crippen LogP) is -1.36. The quantitative estimate of drug-likeness (QED) is 0.493. The number of carbonyl (C=O) groups is 1. The number of H-pyrrole nitrogens is 1. The zero-order valence-corrected chi connectivity index (χ0v) is 7.88. The zero-order valence-electron chi connectivity index (χ0n) is 7.88. The van der Waals surface area contributed by atoms with Crippen molar-refractivity contribution in [3.05, 3.63) is 34.2 Å². The molecule has 1 rings (SSSR count). The van der Waals surface area contributed by atoms with Gasteiger partial charge in [0.05, 0.1) is 18.2 Å². The van der Waals surface area contributed by atoms with Crippen LogP contribution in [0.15, 0.2) is 23.1 Å². The highest BCUT2D eigenvalue weighted by Crippen LogP contribution is 2.14. The Kier molecular flexibility index (Phi) is 3.59. The minimum absolute atomic E-state index is 0.149. The van der Waals surface area contributed by atoms with Gasteiger partial charge in [-0.2, -0.15) is 0 Å². The van der Waals surface area contributed by atoms with Gasteiger partial charge in [-0.25, -0.2) is 0 Å². The normalized spacial score (nSPS) is 14.5. The highest BCUT2D eigenvalue weighted by molar-refractivity contribution is 5.74. The van der Waals surface area contributed by atoms with Gasteiger partial charge in [-0.05, 0) is 0 Å². The van der Waals surface area contributed by atoms with Gasteiger partial charge in [0.25, 0.3) is 0 Å². The van der Waals surface area contributed by atoms with E-state index in [9.17, 15) is 19.8 Å². The van der Waals surface area contributed by atoms with E-state index in [1.165, 1.54) is 12.3 Å². The number of nitrogens with two attached hydrogens (primary N) is 1. The summed E-state index contributed by atoms with van der Waals surface area (Å²) in [6, 6.07) is 2.42. The molecule has 1 heterocycles. The topological polar surface area (TPSA) is 116 Å². The molecular formula is C9H12N2O4. The minimum atomic E-state index is -1.33. The van der Waals surface area contributed by atoms with Gasteiger partial charge in [-0.3, -0.25) is 9.59 Å². The summed E-state index contributed by atoms with van der Waals surface area (Å²) in [6.45, 7) is 0. The number of hydrogen-bond acceptors (Lipinski definition) is 4. The van der Waals surface area contributed by atoms with E-state index in [1.54, 1.807) is 0 Å². The van der Waals surface area contributed by atoms with Crippen LogP contribution in [0.5, 0.6) is 0 Å². The summed E-state index contributed by atoms with van der Waals surface area (Å²) in [7, 11) is 0. The molecule has 15 heavy (non-hydrogen) atoms. The van der Waals surface area contributed by atoms with Crippen LogP contribution >= 0.6 is 0 Å². The van der Waals surface area contributed by atoms with Crippen molar-refractivity contribution in [3.63, 3.8) is 0 Å². The largest absolute Gasteiger partial charge is 0.389 e. The first-order valence-corrected chi connectivity index (χ1v) is 4.34. The fourth-order valence-corrected chi connectivity index (χ4v) is 1.16. The second kappa shape index (κ2) is 4.72. The summed E-state index contributed by atoms with van der Waals surface area (Å²) in [5.74, 6) is -0.722. The molecule has 0 aliphatic rings. The van der Waals surface area contributed by atoms with Gasteiger partial charge < -0.3 is 20.9 Å². The van der Waals surface area contributed by atoms with Crippen molar-refractivity contribution < 1.29 is 15.0 Å². The predicted molar refractivity (Wildman–Crippen MR) is 51.8 cm³/mol. The van der Waals surface area contributed by atoms with Crippen molar-refractivity contribution >= 4 is 5.91 Å². The van der Waals surface area contributed by atoms with Crippen molar-refractivity contribution in [2.45, 2.75) is 18.6 Å². The number of pyridine rings is 1. The average molecular weight is 212 g/mol. The highest BCUT2D eigenvalue weighted by atomic mass is 16.3. The third-order valence-corrected chi connectivity index (χ3v) is 1.89. The smallest absolute Gasteiger partial charge is 0.220 e. The van der Waals surface area contributed by atoms with Crippen molar-refractivity contribution in [3.8, 4) is 0 Å². The molecule has 1 aromatic rings. The number of aliphatic hydroxyl groups excluding tert-OH is 2. The van der Waals surface area contributed by atoms with Crippen LogP contribution < -0.4 is 11.2 Å². The molecule has 0 saturated carbocycles. The first-order valence-electron chi connectivity index (χ1n) is 4.34. The number of amides is 1. The number of aliphatic hydroxyl groups is 2. The molecule has 1 amide bonds. The van der Waals surface area contributed by atoms with Crippen LogP contribution in [0.3, 0.4) is 0 Å². The Morgan fingerprint density at radius 2 is 2.20 bits per heavy atom. The second-order valence-electron chi connectivity index (χ2n) is 3.16. The Bertz CT molecular complexity index is 401. The maximum atomic E-state index is 10.9. The third kappa shape index (κ3) is 3.19. The lowest BCUT2D eigenvalue weighted by Gasteiger charge is -2.15. The number of aromatic amines is 1. The van der Waals surface area contributed by atoms with Gasteiger partial charge in [0, 0.05) is 18.3 Å². The molecule has 0 aliphatic carbocycles. The summed E-state index contributed by atoms with van der Waals surface area (Å²) in [5, 5.41) is 18.9. The average Bonchev–Trinajstić information content (AvgIpc) is 2.15. The molecule has 82 valence electrons. The van der Waals surface area contributed by atoms with E-state index < -0.39 is 18.1 Å². The lowest BCUT2D eigenvalue weighted by molar-refractivity contribution is -0.121. The van der Waals surface area contributed by atoms with Crippen molar-refractivity contribution in [1.29, 1.82) is 0 Å². The Balaban J connectivity index is 2.80. The summed E-state index contributed by atoms with van der Waals surface area (Å²) < 4.78 is 0. The van der Waals surface area contributed by atoms with Crippen LogP contribution in [-0.2, 0) is 4.79 Å². The molecule has 0 radical (unpaired) electrons. The van der Waals surface area contributed by atoms with Gasteiger partial charge in [0.15, 0.2) is 5.43 Å². The lowest BCUT2D eigenvalue weighted by atomic mass is 10.1. The highest BCUT2D eigenvalue weighted by Gasteiger charge is 2.20. The molecule has 6 nitrogen and oxygen atoms in total. The standard InChI is InChI=1S/C9H12N2O4/c10-8(14)4-7(13)9(15)6-3-5(12)1-2-11-6/h1-3,7,9,13,15H,4H2,(H2,10,14)(H,11,12). The van der Waals surface area contributed by atoms with E-state index in [0.29, 0.717) is 0 Å². The molecule has 2 unspecified atom stereocenters. The van der Waals surface area contributed by atoms with Gasteiger partial charge in [0.1, 0.15) is 6.10 Å². The third-order valence-electron chi connectivity index (χ3n) is 1.89. The molecule has 0 fully saturated rings. The number of aromatic nitrogens is 1. The van der Waals surface area contributed by atoms with E-state index in [2.05, 4.69) is 4.98 Å². The number of carbonyl (C=O) groups excluding carboxylic acids is 1. The first kappa shape index (κ1) is 11.4. The monoisotopic (exact) mass is 212 g/mol. The number of rotatable bonds is 4. The van der Waals surface area contributed by atoms with E-state index in [-0.39, 0.29) is 17.5 Å². The molecule has 0 aliphatic heterocycles. The second-order valence-corrected chi connectivity index (χ2v) is 3.16. The molecule has 1 aromatic heterocycles. The van der Waals surface area contributed by atoms with Gasteiger partial charge in [-0.1, -0.05) is 0 Å². The first-order chi connectivity index (χ1) is 7.00. The molecule has 0 bridgehead atoms. The van der Waals surface area contributed by atoms with E-state index in [0.717, 1.165) is 6.07 Å². The van der Waals surface area contributed by atoms with Crippen LogP contribution in [0.25, 0.3) is 0 Å². The summed E-state index contributed by atoms with van der Waals surface area (Å²) in [6.07, 6.45) is -1.66. The van der Waals surface area contributed by atoms with E-state index in [4.69, 9.17) is 5.73 Å². The fourth-order valence-electron chi connectivity index (χ4n) is 1.16. The molecular weight excluding hydrogens is 200 g/mol. The van der Waals surface area contributed by atoms with Crippen LogP contribution in [0, 0.1) is 0 Å². The van der Waals surface area contributed by atoms with Crippen LogP contribution in [0.4, 0.5) is 0 Å². The maximum Gasteiger partial charge on any atom is 0.220 e. The molecule has 6 heteroatoms. The molecule has 2 atom stereocenters. The Morgan fingerprint density at radius 1 is 1.53 bits per heavy atom. The Morgan fingerprint density at radius 3 is 2.73 bits per heavy atom. The maximum absolute atomic E-state index is 10.9. The lowest BCUT2D eigenvalue weighted by Crippen LogP contribution is -2.26. The van der Waals surface area contributed by atoms with Gasteiger partial charge >= 0.3 is 0 Å². The molecule has 0 spiro atoms. The van der Waals surface area contributed by atoms with Crippen LogP contribution in [-0.4, -0.2) is 27.2 Å². The zero-order chi connectivity index (χ0) is 11.4. The van der Waals surface area contributed by atoms with Gasteiger partial charge in [0.2, 0.25) is 5.91 Å². The Labute approximate surface area is 85.4 Å². The van der Waals surface area contributed by atoms with Gasteiger partial charge in [-0.15, -0.1) is 0 Å². The summed E-state index contributed by atoms with van der Waals surface area (Å²) in [4.78, 5) is 24.0. The molecule has 0 saturated heterocycles. The number of nitrogens with one attached hydrogen (secondary N) is 1. The Hall–Kier alpha value is -1.66. The molecule has 0 aromatic carbocycles.